The van der Waals surface area contributed by atoms with Gasteiger partial charge in [0.25, 0.3) is 0 Å². The maximum absolute atomic E-state index is 9.17. The standard InChI is InChI=1S/C12H18N4O/c1-5-17-7-6-16(4)12-11(8-13)9(2)10(3)14-15-12/h5-7H2,1-4H3. The number of aryl methyl sites for hydroxylation is 1. The number of nitriles is 1. The minimum atomic E-state index is 0.594. The fourth-order valence-corrected chi connectivity index (χ4v) is 1.45. The van der Waals surface area contributed by atoms with E-state index in [1.807, 2.05) is 32.7 Å². The van der Waals surface area contributed by atoms with Gasteiger partial charge in [-0.15, -0.1) is 5.10 Å². The highest BCUT2D eigenvalue weighted by Crippen LogP contribution is 2.19. The second-order valence-corrected chi connectivity index (χ2v) is 3.84. The lowest BCUT2D eigenvalue weighted by Gasteiger charge is -2.19. The quantitative estimate of drug-likeness (QED) is 0.721. The largest absolute Gasteiger partial charge is 0.380 e. The molecule has 0 radical (unpaired) electrons. The lowest BCUT2D eigenvalue weighted by Crippen LogP contribution is -2.25. The van der Waals surface area contributed by atoms with Crippen LogP contribution in [0.1, 0.15) is 23.7 Å². The molecule has 5 heteroatoms. The van der Waals surface area contributed by atoms with Gasteiger partial charge in [0.1, 0.15) is 11.6 Å². The van der Waals surface area contributed by atoms with Gasteiger partial charge in [-0.1, -0.05) is 0 Å². The second-order valence-electron chi connectivity index (χ2n) is 3.84. The van der Waals surface area contributed by atoms with E-state index in [0.29, 0.717) is 31.1 Å². The number of likely N-dealkylation sites (N-methyl/N-ethyl adjacent to an activating group) is 1. The first-order chi connectivity index (χ1) is 8.11. The summed E-state index contributed by atoms with van der Waals surface area (Å²) in [5.74, 6) is 0.621. The minimum absolute atomic E-state index is 0.594. The predicted molar refractivity (Wildman–Crippen MR) is 66.0 cm³/mol. The summed E-state index contributed by atoms with van der Waals surface area (Å²) in [6, 6.07) is 2.19. The van der Waals surface area contributed by atoms with Crippen molar-refractivity contribution in [2.75, 3.05) is 31.7 Å². The van der Waals surface area contributed by atoms with E-state index in [9.17, 15) is 0 Å². The van der Waals surface area contributed by atoms with Crippen molar-refractivity contribution in [3.8, 4) is 6.07 Å². The maximum Gasteiger partial charge on any atom is 0.169 e. The molecule has 0 aliphatic rings. The Balaban J connectivity index is 2.90. The summed E-state index contributed by atoms with van der Waals surface area (Å²) >= 11 is 0. The third-order valence-electron chi connectivity index (χ3n) is 2.68. The Kier molecular flexibility index (Phi) is 4.85. The topological polar surface area (TPSA) is 62.0 Å². The van der Waals surface area contributed by atoms with Gasteiger partial charge in [-0.2, -0.15) is 10.4 Å². The average Bonchev–Trinajstić information content (AvgIpc) is 2.32. The number of ether oxygens (including phenoxy) is 1. The highest BCUT2D eigenvalue weighted by Gasteiger charge is 2.14. The van der Waals surface area contributed by atoms with Crippen molar-refractivity contribution < 1.29 is 4.74 Å². The minimum Gasteiger partial charge on any atom is -0.380 e. The summed E-state index contributed by atoms with van der Waals surface area (Å²) in [7, 11) is 1.89. The van der Waals surface area contributed by atoms with Crippen LogP contribution in [0.25, 0.3) is 0 Å². The van der Waals surface area contributed by atoms with Crippen LogP contribution in [0.3, 0.4) is 0 Å². The van der Waals surface area contributed by atoms with E-state index >= 15 is 0 Å². The third-order valence-corrected chi connectivity index (χ3v) is 2.68. The van der Waals surface area contributed by atoms with E-state index in [2.05, 4.69) is 16.3 Å². The van der Waals surface area contributed by atoms with Crippen molar-refractivity contribution in [2.24, 2.45) is 0 Å². The number of nitrogens with zero attached hydrogens (tertiary/aromatic N) is 4. The molecule has 0 amide bonds. The number of aromatic nitrogens is 2. The summed E-state index contributed by atoms with van der Waals surface area (Å²) in [5, 5.41) is 17.3. The molecular formula is C12H18N4O. The highest BCUT2D eigenvalue weighted by molar-refractivity contribution is 5.57. The lowest BCUT2D eigenvalue weighted by molar-refractivity contribution is 0.154. The first-order valence-corrected chi connectivity index (χ1v) is 5.64. The molecule has 0 aliphatic heterocycles. The smallest absolute Gasteiger partial charge is 0.169 e. The Morgan fingerprint density at radius 3 is 2.65 bits per heavy atom. The molecule has 0 saturated heterocycles. The van der Waals surface area contributed by atoms with Crippen molar-refractivity contribution in [2.45, 2.75) is 20.8 Å². The zero-order valence-electron chi connectivity index (χ0n) is 10.8. The van der Waals surface area contributed by atoms with Crippen LogP contribution >= 0.6 is 0 Å². The van der Waals surface area contributed by atoms with Crippen molar-refractivity contribution in [1.29, 1.82) is 5.26 Å². The maximum atomic E-state index is 9.17. The zero-order valence-corrected chi connectivity index (χ0v) is 10.8. The predicted octanol–water partition coefficient (Wildman–Crippen LogP) is 1.44. The molecule has 0 unspecified atom stereocenters. The Labute approximate surface area is 102 Å². The van der Waals surface area contributed by atoms with Crippen LogP contribution in [-0.4, -0.2) is 37.0 Å². The fourth-order valence-electron chi connectivity index (χ4n) is 1.45. The van der Waals surface area contributed by atoms with Crippen LogP contribution in [0.5, 0.6) is 0 Å². The highest BCUT2D eigenvalue weighted by atomic mass is 16.5. The van der Waals surface area contributed by atoms with Crippen LogP contribution < -0.4 is 4.90 Å². The summed E-state index contributed by atoms with van der Waals surface area (Å²) in [4.78, 5) is 1.90. The Morgan fingerprint density at radius 2 is 2.06 bits per heavy atom. The molecule has 1 aromatic heterocycles. The Hall–Kier alpha value is -1.67. The van der Waals surface area contributed by atoms with Crippen LogP contribution in [0.15, 0.2) is 0 Å². The molecule has 0 aliphatic carbocycles. The van der Waals surface area contributed by atoms with E-state index in [4.69, 9.17) is 10.00 Å². The fraction of sp³-hybridized carbons (Fsp3) is 0.583. The molecule has 1 heterocycles. The van der Waals surface area contributed by atoms with Gasteiger partial charge >= 0.3 is 0 Å². The molecule has 0 fully saturated rings. The molecular weight excluding hydrogens is 216 g/mol. The molecule has 0 atom stereocenters. The monoisotopic (exact) mass is 234 g/mol. The third kappa shape index (κ3) is 3.14. The summed E-state index contributed by atoms with van der Waals surface area (Å²) in [6.07, 6.45) is 0. The van der Waals surface area contributed by atoms with Crippen molar-refractivity contribution in [3.05, 3.63) is 16.8 Å². The molecule has 0 aromatic carbocycles. The Morgan fingerprint density at radius 1 is 1.35 bits per heavy atom. The average molecular weight is 234 g/mol. The van der Waals surface area contributed by atoms with Gasteiger partial charge in [-0.05, 0) is 26.3 Å². The van der Waals surface area contributed by atoms with Gasteiger partial charge in [0.15, 0.2) is 5.82 Å². The summed E-state index contributed by atoms with van der Waals surface area (Å²) < 4.78 is 5.28. The molecule has 17 heavy (non-hydrogen) atoms. The SMILES string of the molecule is CCOCCN(C)c1nnc(C)c(C)c1C#N. The van der Waals surface area contributed by atoms with E-state index < -0.39 is 0 Å². The van der Waals surface area contributed by atoms with Crippen LogP contribution in [-0.2, 0) is 4.74 Å². The van der Waals surface area contributed by atoms with E-state index in [1.54, 1.807) is 0 Å². The lowest BCUT2D eigenvalue weighted by atomic mass is 10.1. The molecule has 0 saturated carbocycles. The molecule has 5 nitrogen and oxygen atoms in total. The van der Waals surface area contributed by atoms with Crippen LogP contribution in [0, 0.1) is 25.2 Å². The van der Waals surface area contributed by atoms with Gasteiger partial charge in [0.2, 0.25) is 0 Å². The molecule has 92 valence electrons. The number of hydrogen-bond donors (Lipinski definition) is 0. The first-order valence-electron chi connectivity index (χ1n) is 5.64. The van der Waals surface area contributed by atoms with Gasteiger partial charge in [-0.25, -0.2) is 0 Å². The van der Waals surface area contributed by atoms with Crippen LogP contribution in [0.2, 0.25) is 0 Å². The number of rotatable bonds is 5. The summed E-state index contributed by atoms with van der Waals surface area (Å²) in [6.45, 7) is 7.70. The van der Waals surface area contributed by atoms with E-state index in [1.165, 1.54) is 0 Å². The molecule has 0 bridgehead atoms. The first kappa shape index (κ1) is 13.4. The normalized spacial score (nSPS) is 10.1. The number of hydrogen-bond acceptors (Lipinski definition) is 5. The molecule has 0 spiro atoms. The zero-order chi connectivity index (χ0) is 12.8. The van der Waals surface area contributed by atoms with Crippen LogP contribution in [0.4, 0.5) is 5.82 Å². The van der Waals surface area contributed by atoms with Gasteiger partial charge in [0.05, 0.1) is 12.3 Å². The van der Waals surface area contributed by atoms with Gasteiger partial charge in [-0.3, -0.25) is 0 Å². The molecule has 1 rings (SSSR count). The summed E-state index contributed by atoms with van der Waals surface area (Å²) in [5.41, 5.74) is 2.28. The number of anilines is 1. The van der Waals surface area contributed by atoms with Crippen molar-refractivity contribution in [3.63, 3.8) is 0 Å². The molecule has 1 aromatic rings. The molecule has 0 N–H and O–H groups in total. The van der Waals surface area contributed by atoms with Gasteiger partial charge < -0.3 is 9.64 Å². The Bertz CT molecular complexity index is 425. The van der Waals surface area contributed by atoms with Crippen molar-refractivity contribution >= 4 is 5.82 Å². The van der Waals surface area contributed by atoms with E-state index in [0.717, 1.165) is 11.3 Å². The van der Waals surface area contributed by atoms with Crippen molar-refractivity contribution in [1.82, 2.24) is 10.2 Å². The van der Waals surface area contributed by atoms with Gasteiger partial charge in [0, 0.05) is 20.2 Å². The second kappa shape index (κ2) is 6.16. The van der Waals surface area contributed by atoms with E-state index in [-0.39, 0.29) is 0 Å².